The first-order valence-electron chi connectivity index (χ1n) is 13.8. The number of benzene rings is 3. The molecule has 0 aromatic heterocycles. The molecule has 1 N–H and O–H groups in total. The molecule has 0 spiro atoms. The monoisotopic (exact) mass is 590 g/mol. The number of hydrogen-bond donors (Lipinski definition) is 1. The summed E-state index contributed by atoms with van der Waals surface area (Å²) in [6, 6.07) is 26.1. The minimum Gasteiger partial charge on any atom is -0.405 e. The normalized spacial score (nSPS) is 19.2. The zero-order valence-electron chi connectivity index (χ0n) is 23.0. The van der Waals surface area contributed by atoms with Crippen LogP contribution in [0.15, 0.2) is 77.3 Å². The lowest BCUT2D eigenvalue weighted by molar-refractivity contribution is 0.0882. The molecular weight excluding hydrogens is 552 g/mol. The van der Waals surface area contributed by atoms with Crippen molar-refractivity contribution in [2.75, 3.05) is 19.7 Å². The second-order valence-electron chi connectivity index (χ2n) is 11.9. The Bertz CT molecular complexity index is 1240. The van der Waals surface area contributed by atoms with E-state index in [1.807, 2.05) is 0 Å². The van der Waals surface area contributed by atoms with Crippen LogP contribution in [0.4, 0.5) is 0 Å². The van der Waals surface area contributed by atoms with Gasteiger partial charge in [0.1, 0.15) is 0 Å². The number of piperidine rings is 1. The minimum absolute atomic E-state index is 0.0150. The highest BCUT2D eigenvalue weighted by molar-refractivity contribution is 9.10. The zero-order valence-corrected chi connectivity index (χ0v) is 25.6. The fraction of sp³-hybridized carbons (Fsp3) is 0.406. The van der Waals surface area contributed by atoms with Crippen molar-refractivity contribution < 1.29 is 9.22 Å². The van der Waals surface area contributed by atoms with E-state index >= 15 is 0 Å². The molecule has 3 aromatic carbocycles. The van der Waals surface area contributed by atoms with E-state index < -0.39 is 8.32 Å². The molecule has 0 saturated carbocycles. The van der Waals surface area contributed by atoms with Crippen LogP contribution < -0.4 is 15.7 Å². The molecule has 2 aliphatic rings. The Morgan fingerprint density at radius 1 is 1.05 bits per heavy atom. The minimum atomic E-state index is -2.69. The fourth-order valence-electron chi connectivity index (χ4n) is 6.38. The molecule has 6 heteroatoms. The number of nitrogens with zero attached hydrogens (tertiary/aromatic N) is 1. The number of amides is 1. The van der Waals surface area contributed by atoms with Crippen LogP contribution in [0.5, 0.6) is 0 Å². The molecule has 0 bridgehead atoms. The van der Waals surface area contributed by atoms with E-state index in [0.717, 1.165) is 34.3 Å². The molecular formula is C32H39BrN2O2Si. The van der Waals surface area contributed by atoms with Gasteiger partial charge in [0.05, 0.1) is 12.6 Å². The van der Waals surface area contributed by atoms with Crippen LogP contribution in [-0.4, -0.2) is 38.8 Å². The van der Waals surface area contributed by atoms with E-state index in [1.54, 1.807) is 0 Å². The SMILES string of the molecule is C[C@H]1CCCN(C(CO[Si](c2ccccc2)(c2ccccc2)C(C)(C)C)c2cc(Br)c3c(c2)C(=O)NC3)C1. The molecule has 38 heavy (non-hydrogen) atoms. The Hall–Kier alpha value is -2.25. The number of carbonyl (C=O) groups excluding carboxylic acids is 1. The van der Waals surface area contributed by atoms with Crippen LogP contribution in [0, 0.1) is 5.92 Å². The number of rotatable bonds is 7. The first-order chi connectivity index (χ1) is 18.2. The summed E-state index contributed by atoms with van der Waals surface area (Å²) < 4.78 is 8.44. The van der Waals surface area contributed by atoms with Gasteiger partial charge in [-0.2, -0.15) is 0 Å². The second-order valence-corrected chi connectivity index (χ2v) is 17.1. The van der Waals surface area contributed by atoms with Gasteiger partial charge in [-0.3, -0.25) is 9.69 Å². The van der Waals surface area contributed by atoms with Gasteiger partial charge in [-0.05, 0) is 64.0 Å². The maximum Gasteiger partial charge on any atom is 0.261 e. The molecule has 5 rings (SSSR count). The predicted octanol–water partition coefficient (Wildman–Crippen LogP) is 6.04. The Kier molecular flexibility index (Phi) is 7.97. The quantitative estimate of drug-likeness (QED) is 0.341. The number of nitrogens with one attached hydrogen (secondary N) is 1. The second kappa shape index (κ2) is 11.1. The van der Waals surface area contributed by atoms with Gasteiger partial charge < -0.3 is 9.74 Å². The average molecular weight is 592 g/mol. The molecule has 4 nitrogen and oxygen atoms in total. The zero-order chi connectivity index (χ0) is 26.9. The smallest absolute Gasteiger partial charge is 0.261 e. The first-order valence-corrected chi connectivity index (χ1v) is 16.5. The highest BCUT2D eigenvalue weighted by Crippen LogP contribution is 2.39. The van der Waals surface area contributed by atoms with Gasteiger partial charge in [-0.1, -0.05) is 104 Å². The van der Waals surface area contributed by atoms with Crippen LogP contribution in [-0.2, 0) is 11.0 Å². The largest absolute Gasteiger partial charge is 0.405 e. The van der Waals surface area contributed by atoms with Gasteiger partial charge in [-0.15, -0.1) is 0 Å². The van der Waals surface area contributed by atoms with E-state index in [1.165, 1.54) is 23.2 Å². The summed E-state index contributed by atoms with van der Waals surface area (Å²) in [5.41, 5.74) is 2.99. The lowest BCUT2D eigenvalue weighted by Gasteiger charge is -2.45. The predicted molar refractivity (Wildman–Crippen MR) is 162 cm³/mol. The van der Waals surface area contributed by atoms with Gasteiger partial charge in [0, 0.05) is 23.1 Å². The van der Waals surface area contributed by atoms with Gasteiger partial charge in [0.25, 0.3) is 14.2 Å². The molecule has 200 valence electrons. The maximum atomic E-state index is 12.7. The molecule has 1 unspecified atom stereocenters. The van der Waals surface area contributed by atoms with Crippen molar-refractivity contribution in [1.29, 1.82) is 0 Å². The van der Waals surface area contributed by atoms with E-state index in [-0.39, 0.29) is 17.0 Å². The van der Waals surface area contributed by atoms with Crippen molar-refractivity contribution in [3.8, 4) is 0 Å². The molecule has 2 aliphatic heterocycles. The highest BCUT2D eigenvalue weighted by Gasteiger charge is 2.50. The van der Waals surface area contributed by atoms with Crippen molar-refractivity contribution in [3.05, 3.63) is 94.0 Å². The van der Waals surface area contributed by atoms with Crippen LogP contribution in [0.2, 0.25) is 5.04 Å². The standard InChI is InChI=1S/C32H39BrN2O2Si/c1-23-12-11-17-35(21-23)30(24-18-27-28(29(33)19-24)20-34-31(27)36)22-37-38(32(2,3)4,25-13-7-5-8-14-25)26-15-9-6-10-16-26/h5-10,13-16,18-19,23,30H,11-12,17,20-22H2,1-4H3,(H,34,36)/t23-,30?/m0/s1. The summed E-state index contributed by atoms with van der Waals surface area (Å²) in [4.78, 5) is 15.3. The van der Waals surface area contributed by atoms with Crippen LogP contribution in [0.1, 0.15) is 68.1 Å². The summed E-state index contributed by atoms with van der Waals surface area (Å²) in [6.45, 7) is 12.6. The Morgan fingerprint density at radius 3 is 2.26 bits per heavy atom. The Morgan fingerprint density at radius 2 is 1.68 bits per heavy atom. The number of hydrogen-bond acceptors (Lipinski definition) is 3. The van der Waals surface area contributed by atoms with Crippen molar-refractivity contribution >= 4 is 40.5 Å². The van der Waals surface area contributed by atoms with Crippen LogP contribution in [0.25, 0.3) is 0 Å². The average Bonchev–Trinajstić information content (AvgIpc) is 3.28. The third kappa shape index (κ3) is 5.16. The number of carbonyl (C=O) groups is 1. The molecule has 1 saturated heterocycles. The topological polar surface area (TPSA) is 41.6 Å². The summed E-state index contributed by atoms with van der Waals surface area (Å²) in [5.74, 6) is 0.654. The Labute approximate surface area is 237 Å². The van der Waals surface area contributed by atoms with Gasteiger partial charge in [0.15, 0.2) is 0 Å². The molecule has 0 radical (unpaired) electrons. The first kappa shape index (κ1) is 27.3. The Balaban J connectivity index is 1.60. The van der Waals surface area contributed by atoms with Crippen molar-refractivity contribution in [2.45, 2.75) is 58.2 Å². The van der Waals surface area contributed by atoms with Crippen LogP contribution in [0.3, 0.4) is 0 Å². The number of likely N-dealkylation sites (tertiary alicyclic amines) is 1. The lowest BCUT2D eigenvalue weighted by atomic mass is 9.95. The third-order valence-electron chi connectivity index (χ3n) is 8.28. The van der Waals surface area contributed by atoms with E-state index in [2.05, 4.69) is 127 Å². The van der Waals surface area contributed by atoms with Gasteiger partial charge in [-0.25, -0.2) is 0 Å². The summed E-state index contributed by atoms with van der Waals surface area (Å²) in [5, 5.41) is 5.48. The van der Waals surface area contributed by atoms with Gasteiger partial charge >= 0.3 is 0 Å². The molecule has 0 aliphatic carbocycles. The van der Waals surface area contributed by atoms with E-state index in [0.29, 0.717) is 19.1 Å². The van der Waals surface area contributed by atoms with E-state index in [4.69, 9.17) is 4.43 Å². The summed E-state index contributed by atoms with van der Waals surface area (Å²) in [7, 11) is -2.69. The molecule has 2 atom stereocenters. The lowest BCUT2D eigenvalue weighted by Crippen LogP contribution is -2.67. The van der Waals surface area contributed by atoms with Crippen LogP contribution >= 0.6 is 15.9 Å². The van der Waals surface area contributed by atoms with Gasteiger partial charge in [0.2, 0.25) is 0 Å². The van der Waals surface area contributed by atoms with Crippen molar-refractivity contribution in [2.24, 2.45) is 5.92 Å². The van der Waals surface area contributed by atoms with Crippen molar-refractivity contribution in [3.63, 3.8) is 0 Å². The summed E-state index contributed by atoms with van der Waals surface area (Å²) >= 11 is 3.78. The highest BCUT2D eigenvalue weighted by atomic mass is 79.9. The van der Waals surface area contributed by atoms with Crippen molar-refractivity contribution in [1.82, 2.24) is 10.2 Å². The third-order valence-corrected chi connectivity index (χ3v) is 14.0. The summed E-state index contributed by atoms with van der Waals surface area (Å²) in [6.07, 6.45) is 2.44. The molecule has 1 fully saturated rings. The number of halogens is 1. The van der Waals surface area contributed by atoms with E-state index in [9.17, 15) is 4.79 Å². The molecule has 3 aromatic rings. The number of fused-ring (bicyclic) bond motifs is 1. The maximum absolute atomic E-state index is 12.7. The fourth-order valence-corrected chi connectivity index (χ4v) is 11.6. The molecule has 2 heterocycles. The molecule has 1 amide bonds.